The molecule has 2 aromatic rings. The van der Waals surface area contributed by atoms with Crippen molar-refractivity contribution in [2.24, 2.45) is 16.5 Å². The van der Waals surface area contributed by atoms with Crippen LogP contribution < -0.4 is 26.8 Å². The van der Waals surface area contributed by atoms with Crippen LogP contribution in [0.25, 0.3) is 0 Å². The number of amides is 2. The van der Waals surface area contributed by atoms with E-state index in [-0.39, 0.29) is 18.1 Å². The van der Waals surface area contributed by atoms with E-state index in [4.69, 9.17) is 11.5 Å². The summed E-state index contributed by atoms with van der Waals surface area (Å²) in [4.78, 5) is 29.0. The van der Waals surface area contributed by atoms with Gasteiger partial charge in [-0.05, 0) is 23.3 Å². The lowest BCUT2D eigenvalue weighted by atomic mass is 9.91. The van der Waals surface area contributed by atoms with Gasteiger partial charge in [0.15, 0.2) is 11.5 Å². The summed E-state index contributed by atoms with van der Waals surface area (Å²) in [5.74, 6) is -1.44. The van der Waals surface area contributed by atoms with Gasteiger partial charge >= 0.3 is 0 Å². The Kier molecular flexibility index (Phi) is 8.29. The van der Waals surface area contributed by atoms with Crippen LogP contribution in [0, 0.1) is 0 Å². The van der Waals surface area contributed by atoms with Gasteiger partial charge in [-0.1, -0.05) is 42.5 Å². The Bertz CT molecular complexity index is 1070. The van der Waals surface area contributed by atoms with Crippen LogP contribution in [0.5, 0.6) is 0 Å². The number of hydrogen-bond donors (Lipinski definition) is 6. The maximum absolute atomic E-state index is 12.9. The quantitative estimate of drug-likeness (QED) is 0.188. The van der Waals surface area contributed by atoms with Crippen LogP contribution >= 0.6 is 0 Å². The molecule has 0 aliphatic rings. The number of nitrogens with two attached hydrogens (primary N) is 2. The Balaban J connectivity index is 2.03. The van der Waals surface area contributed by atoms with E-state index in [0.29, 0.717) is 5.69 Å². The Morgan fingerprint density at radius 2 is 1.66 bits per heavy atom. The third-order valence-electron chi connectivity index (χ3n) is 4.34. The Hall–Kier alpha value is -3.48. The summed E-state index contributed by atoms with van der Waals surface area (Å²) in [6.45, 7) is -1.09. The Morgan fingerprint density at radius 1 is 1.03 bits per heavy atom. The smallest absolute Gasteiger partial charge is 0.248 e. The SMILES string of the molecule is CS(=O)(=O)NC(CO)(C(=O)NCC(=O)NCc1ccc(N=C(N)N)cc1)c1ccccc1. The predicted octanol–water partition coefficient (Wildman–Crippen LogP) is -1.24. The van der Waals surface area contributed by atoms with E-state index < -0.39 is 40.5 Å². The zero-order valence-corrected chi connectivity index (χ0v) is 18.2. The number of carbonyl (C=O) groups excluding carboxylic acids is 2. The molecule has 0 bridgehead atoms. The molecule has 8 N–H and O–H groups in total. The first-order chi connectivity index (χ1) is 15.1. The van der Waals surface area contributed by atoms with E-state index in [9.17, 15) is 23.1 Å². The van der Waals surface area contributed by atoms with Crippen LogP contribution in [0.4, 0.5) is 5.69 Å². The van der Waals surface area contributed by atoms with Crippen LogP contribution in [0.2, 0.25) is 0 Å². The minimum absolute atomic E-state index is 0.0679. The first-order valence-electron chi connectivity index (χ1n) is 9.44. The maximum atomic E-state index is 12.9. The number of rotatable bonds is 10. The van der Waals surface area contributed by atoms with E-state index in [1.54, 1.807) is 42.5 Å². The molecule has 2 amide bonds. The molecule has 11 nitrogen and oxygen atoms in total. The topological polar surface area (TPSA) is 189 Å². The molecule has 2 aromatic carbocycles. The van der Waals surface area contributed by atoms with Crippen molar-refractivity contribution in [1.82, 2.24) is 15.4 Å². The molecule has 1 unspecified atom stereocenters. The number of benzene rings is 2. The van der Waals surface area contributed by atoms with E-state index in [1.807, 2.05) is 0 Å². The van der Waals surface area contributed by atoms with Gasteiger partial charge in [-0.3, -0.25) is 9.59 Å². The Morgan fingerprint density at radius 3 is 2.19 bits per heavy atom. The van der Waals surface area contributed by atoms with Crippen molar-refractivity contribution < 1.29 is 23.1 Å². The molecule has 0 aliphatic heterocycles. The molecule has 0 saturated carbocycles. The summed E-state index contributed by atoms with van der Waals surface area (Å²) in [7, 11) is -3.88. The van der Waals surface area contributed by atoms with Crippen LogP contribution in [0.15, 0.2) is 59.6 Å². The number of nitrogens with zero attached hydrogens (tertiary/aromatic N) is 1. The first-order valence-corrected chi connectivity index (χ1v) is 11.3. The zero-order chi connectivity index (χ0) is 23.8. The third kappa shape index (κ3) is 7.04. The third-order valence-corrected chi connectivity index (χ3v) is 5.06. The number of nitrogens with one attached hydrogen (secondary N) is 3. The van der Waals surface area contributed by atoms with E-state index in [0.717, 1.165) is 11.8 Å². The molecule has 0 aliphatic carbocycles. The van der Waals surface area contributed by atoms with Crippen LogP contribution in [-0.4, -0.2) is 50.7 Å². The monoisotopic (exact) mass is 462 g/mol. The highest BCUT2D eigenvalue weighted by Crippen LogP contribution is 2.22. The van der Waals surface area contributed by atoms with Crippen molar-refractivity contribution in [2.75, 3.05) is 19.4 Å². The molecule has 1 atom stereocenters. The Labute approximate surface area is 186 Å². The highest BCUT2D eigenvalue weighted by Gasteiger charge is 2.42. The second-order valence-corrected chi connectivity index (χ2v) is 8.71. The number of hydrogen-bond acceptors (Lipinski definition) is 6. The van der Waals surface area contributed by atoms with Gasteiger partial charge in [-0.15, -0.1) is 0 Å². The zero-order valence-electron chi connectivity index (χ0n) is 17.4. The molecule has 172 valence electrons. The maximum Gasteiger partial charge on any atom is 0.248 e. The number of aliphatic imine (C=N–C) groups is 1. The van der Waals surface area contributed by atoms with Gasteiger partial charge in [-0.25, -0.2) is 13.4 Å². The minimum atomic E-state index is -3.88. The van der Waals surface area contributed by atoms with Crippen LogP contribution in [0.1, 0.15) is 11.1 Å². The predicted molar refractivity (Wildman–Crippen MR) is 120 cm³/mol. The van der Waals surface area contributed by atoms with Gasteiger partial charge in [0, 0.05) is 6.54 Å². The van der Waals surface area contributed by atoms with Gasteiger partial charge in [0.2, 0.25) is 21.8 Å². The molecule has 12 heteroatoms. The van der Waals surface area contributed by atoms with Crippen molar-refractivity contribution in [1.29, 1.82) is 0 Å². The lowest BCUT2D eigenvalue weighted by Gasteiger charge is -2.31. The summed E-state index contributed by atoms with van der Waals surface area (Å²) < 4.78 is 25.9. The van der Waals surface area contributed by atoms with E-state index >= 15 is 0 Å². The molecule has 0 fully saturated rings. The molecular weight excluding hydrogens is 436 g/mol. The minimum Gasteiger partial charge on any atom is -0.393 e. The highest BCUT2D eigenvalue weighted by molar-refractivity contribution is 7.88. The number of sulfonamides is 1. The summed E-state index contributed by atoms with van der Waals surface area (Å²) in [5, 5.41) is 15.0. The van der Waals surface area contributed by atoms with E-state index in [2.05, 4.69) is 20.3 Å². The summed E-state index contributed by atoms with van der Waals surface area (Å²) in [6, 6.07) is 14.7. The van der Waals surface area contributed by atoms with E-state index in [1.165, 1.54) is 12.1 Å². The summed E-state index contributed by atoms with van der Waals surface area (Å²) >= 11 is 0. The van der Waals surface area contributed by atoms with Gasteiger partial charge in [0.1, 0.15) is 0 Å². The lowest BCUT2D eigenvalue weighted by molar-refractivity contribution is -0.131. The van der Waals surface area contributed by atoms with Crippen molar-refractivity contribution in [3.8, 4) is 0 Å². The van der Waals surface area contributed by atoms with Crippen molar-refractivity contribution in [2.45, 2.75) is 12.1 Å². The second kappa shape index (κ2) is 10.7. The fourth-order valence-electron chi connectivity index (χ4n) is 2.88. The number of aliphatic hydroxyl groups excluding tert-OH is 1. The molecule has 32 heavy (non-hydrogen) atoms. The van der Waals surface area contributed by atoms with Crippen molar-refractivity contribution >= 4 is 33.5 Å². The normalized spacial score (nSPS) is 12.9. The largest absolute Gasteiger partial charge is 0.393 e. The number of aliphatic hydroxyl groups is 1. The first kappa shape index (κ1) is 24.8. The average molecular weight is 463 g/mol. The molecule has 0 saturated heterocycles. The summed E-state index contributed by atoms with van der Waals surface area (Å²) in [6.07, 6.45) is 0.874. The highest BCUT2D eigenvalue weighted by atomic mass is 32.2. The molecule has 2 rings (SSSR count). The van der Waals surface area contributed by atoms with Crippen LogP contribution in [-0.2, 0) is 31.7 Å². The van der Waals surface area contributed by atoms with Crippen LogP contribution in [0.3, 0.4) is 0 Å². The van der Waals surface area contributed by atoms with Gasteiger partial charge in [-0.2, -0.15) is 4.72 Å². The second-order valence-electron chi connectivity index (χ2n) is 6.97. The molecule has 0 aromatic heterocycles. The van der Waals surface area contributed by atoms with Gasteiger partial charge in [0.25, 0.3) is 0 Å². The molecule has 0 heterocycles. The average Bonchev–Trinajstić information content (AvgIpc) is 2.75. The molecular formula is C20H26N6O5S. The molecule has 0 spiro atoms. The van der Waals surface area contributed by atoms with Crippen molar-refractivity contribution in [3.05, 3.63) is 65.7 Å². The van der Waals surface area contributed by atoms with Crippen molar-refractivity contribution in [3.63, 3.8) is 0 Å². The molecule has 0 radical (unpaired) electrons. The lowest BCUT2D eigenvalue weighted by Crippen LogP contribution is -2.59. The number of guanidine groups is 1. The standard InChI is InChI=1S/C20H26N6O5S/c1-32(30,31)26-20(13-27,15-5-3-2-4-6-15)18(29)24-12-17(28)23-11-14-7-9-16(10-8-14)25-19(21)22/h2-10,26-27H,11-13H2,1H3,(H,23,28)(H,24,29)(H4,21,22,25). The fourth-order valence-corrected chi connectivity index (χ4v) is 3.79. The fraction of sp³-hybridized carbons (Fsp3) is 0.250. The van der Waals surface area contributed by atoms with Gasteiger partial charge < -0.3 is 27.2 Å². The van der Waals surface area contributed by atoms with Gasteiger partial charge in [0.05, 0.1) is 25.1 Å². The summed E-state index contributed by atoms with van der Waals surface area (Å²) in [5.41, 5.74) is 10.2. The number of carbonyl (C=O) groups is 2.